The first-order chi connectivity index (χ1) is 14.1. The molecule has 2 unspecified atom stereocenters. The minimum absolute atomic E-state index is 0.153. The van der Waals surface area contributed by atoms with Gasteiger partial charge in [0, 0.05) is 36.2 Å². The average molecular weight is 405 g/mol. The molecular formula is C23H24N4OS. The van der Waals surface area contributed by atoms with E-state index in [1.54, 1.807) is 0 Å². The Balaban J connectivity index is 1.57. The number of nitrogens with one attached hydrogen (secondary N) is 1. The van der Waals surface area contributed by atoms with E-state index in [4.69, 9.17) is 9.72 Å². The van der Waals surface area contributed by atoms with E-state index in [0.717, 1.165) is 42.2 Å². The summed E-state index contributed by atoms with van der Waals surface area (Å²) in [6.45, 7) is 7.15. The molecule has 1 aromatic heterocycles. The maximum absolute atomic E-state index is 6.32. The summed E-state index contributed by atoms with van der Waals surface area (Å²) in [7, 11) is 0. The van der Waals surface area contributed by atoms with Crippen molar-refractivity contribution in [3.63, 3.8) is 0 Å². The Morgan fingerprint density at radius 1 is 1.07 bits per heavy atom. The number of anilines is 1. The predicted octanol–water partition coefficient (Wildman–Crippen LogP) is 4.85. The fourth-order valence-corrected chi connectivity index (χ4v) is 4.81. The van der Waals surface area contributed by atoms with Crippen molar-refractivity contribution in [2.24, 2.45) is 0 Å². The highest BCUT2D eigenvalue weighted by Crippen LogP contribution is 2.31. The Bertz CT molecular complexity index is 1030. The van der Waals surface area contributed by atoms with Gasteiger partial charge >= 0.3 is 0 Å². The summed E-state index contributed by atoms with van der Waals surface area (Å²) in [4.78, 5) is 13.1. The summed E-state index contributed by atoms with van der Waals surface area (Å²) in [5.41, 5.74) is 5.76. The lowest BCUT2D eigenvalue weighted by molar-refractivity contribution is 0.191. The number of nitrogens with zero attached hydrogens (tertiary/aromatic N) is 3. The number of rotatable bonds is 1. The van der Waals surface area contributed by atoms with Gasteiger partial charge in [0.2, 0.25) is 11.8 Å². The number of fused-ring (bicyclic) bond motifs is 6. The van der Waals surface area contributed by atoms with Gasteiger partial charge in [0.1, 0.15) is 6.10 Å². The molecule has 3 aromatic rings. The number of aryl methyl sites for hydroxylation is 2. The molecule has 1 N–H and O–H groups in total. The number of hydrogen-bond acceptors (Lipinski definition) is 6. The molecule has 0 amide bonds. The summed E-state index contributed by atoms with van der Waals surface area (Å²) in [6.07, 6.45) is 1.17. The number of ether oxygens (including phenoxy) is 1. The molecule has 2 aliphatic rings. The average Bonchev–Trinajstić information content (AvgIpc) is 3.13. The van der Waals surface area contributed by atoms with E-state index in [1.165, 1.54) is 28.6 Å². The smallest absolute Gasteiger partial charge is 0.237 e. The van der Waals surface area contributed by atoms with Gasteiger partial charge in [-0.1, -0.05) is 30.3 Å². The Morgan fingerprint density at radius 3 is 2.76 bits per heavy atom. The van der Waals surface area contributed by atoms with Gasteiger partial charge in [-0.2, -0.15) is 4.98 Å². The zero-order valence-electron chi connectivity index (χ0n) is 16.7. The highest BCUT2D eigenvalue weighted by molar-refractivity contribution is 8.00. The van der Waals surface area contributed by atoms with Crippen molar-refractivity contribution in [3.8, 4) is 17.1 Å². The summed E-state index contributed by atoms with van der Waals surface area (Å²) >= 11 is 1.54. The molecular weight excluding hydrogens is 380 g/mol. The van der Waals surface area contributed by atoms with Crippen LogP contribution in [0, 0.1) is 13.8 Å². The molecule has 0 radical (unpaired) electrons. The molecule has 0 saturated carbocycles. The molecule has 1 saturated heterocycles. The molecule has 1 fully saturated rings. The van der Waals surface area contributed by atoms with Crippen LogP contribution in [-0.2, 0) is 6.54 Å². The van der Waals surface area contributed by atoms with Crippen molar-refractivity contribution < 1.29 is 4.74 Å². The molecule has 3 heterocycles. The fraction of sp³-hybridized carbons (Fsp3) is 0.304. The lowest BCUT2D eigenvalue weighted by atomic mass is 10.00. The highest BCUT2D eigenvalue weighted by atomic mass is 32.2. The van der Waals surface area contributed by atoms with Crippen LogP contribution >= 0.6 is 11.9 Å². The first kappa shape index (κ1) is 18.5. The summed E-state index contributed by atoms with van der Waals surface area (Å²) in [5.74, 6) is 1.21. The Labute approximate surface area is 175 Å². The van der Waals surface area contributed by atoms with Crippen LogP contribution in [0.4, 0.5) is 5.95 Å². The normalized spacial score (nSPS) is 20.6. The van der Waals surface area contributed by atoms with Crippen molar-refractivity contribution in [1.29, 1.82) is 0 Å². The Hall–Kier alpha value is -2.57. The van der Waals surface area contributed by atoms with E-state index in [9.17, 15) is 0 Å². The van der Waals surface area contributed by atoms with Crippen molar-refractivity contribution in [2.75, 3.05) is 17.8 Å². The van der Waals surface area contributed by atoms with E-state index in [-0.39, 0.29) is 6.10 Å². The maximum Gasteiger partial charge on any atom is 0.237 e. The van der Waals surface area contributed by atoms with Crippen LogP contribution in [0.2, 0.25) is 0 Å². The van der Waals surface area contributed by atoms with Gasteiger partial charge in [-0.3, -0.25) is 9.62 Å². The van der Waals surface area contributed by atoms with E-state index in [1.807, 2.05) is 6.07 Å². The number of benzene rings is 2. The number of hydrogen-bond donors (Lipinski definition) is 1. The maximum atomic E-state index is 6.32. The first-order valence-electron chi connectivity index (χ1n) is 10.0. The second-order valence-corrected chi connectivity index (χ2v) is 8.68. The van der Waals surface area contributed by atoms with Crippen LogP contribution in [0.15, 0.2) is 53.4 Å². The van der Waals surface area contributed by atoms with Crippen molar-refractivity contribution in [3.05, 3.63) is 65.2 Å². The molecule has 6 heteroatoms. The van der Waals surface area contributed by atoms with Crippen LogP contribution in [0.3, 0.4) is 0 Å². The standard InChI is InChI=1S/C23H24N4OS/c1-15-5-3-6-16(2)22(15)20-12-21-25-23(24-20)26-29-19-8-4-7-17(11-19)13-27-10-9-18(14-27)28-21/h3-8,11-12,18H,9-10,13-14H2,1-2H3,(H,24,25,26). The van der Waals surface area contributed by atoms with E-state index < -0.39 is 0 Å². The predicted molar refractivity (Wildman–Crippen MR) is 117 cm³/mol. The lowest BCUT2D eigenvalue weighted by Crippen LogP contribution is -2.24. The van der Waals surface area contributed by atoms with Crippen LogP contribution in [0.5, 0.6) is 5.88 Å². The quantitative estimate of drug-likeness (QED) is 0.586. The summed E-state index contributed by atoms with van der Waals surface area (Å²) in [5, 5.41) is 0. The molecule has 148 valence electrons. The van der Waals surface area contributed by atoms with Gasteiger partial charge in [-0.25, -0.2) is 4.98 Å². The molecule has 29 heavy (non-hydrogen) atoms. The third-order valence-corrected chi connectivity index (χ3v) is 6.30. The van der Waals surface area contributed by atoms with E-state index >= 15 is 0 Å². The van der Waals surface area contributed by atoms with Gasteiger partial charge in [0.15, 0.2) is 0 Å². The minimum Gasteiger partial charge on any atom is -0.473 e. The molecule has 2 aliphatic heterocycles. The van der Waals surface area contributed by atoms with E-state index in [0.29, 0.717) is 11.8 Å². The van der Waals surface area contributed by atoms with Crippen LogP contribution in [0.1, 0.15) is 23.1 Å². The zero-order chi connectivity index (χ0) is 19.8. The van der Waals surface area contributed by atoms with Gasteiger partial charge < -0.3 is 4.74 Å². The van der Waals surface area contributed by atoms with Crippen LogP contribution in [0.25, 0.3) is 11.3 Å². The second kappa shape index (κ2) is 7.69. The molecule has 5 rings (SSSR count). The largest absolute Gasteiger partial charge is 0.473 e. The topological polar surface area (TPSA) is 50.3 Å². The molecule has 0 aliphatic carbocycles. The number of aromatic nitrogens is 2. The monoisotopic (exact) mass is 404 g/mol. The van der Waals surface area contributed by atoms with Crippen molar-refractivity contribution in [1.82, 2.24) is 14.9 Å². The van der Waals surface area contributed by atoms with Gasteiger partial charge in [-0.15, -0.1) is 0 Å². The summed E-state index contributed by atoms with van der Waals surface area (Å²) < 4.78 is 9.64. The van der Waals surface area contributed by atoms with Crippen LogP contribution < -0.4 is 9.46 Å². The SMILES string of the molecule is Cc1cccc(C)c1-c1cc2nc(n1)NSc1cccc(c1)CN1CCC(C1)O2. The lowest BCUT2D eigenvalue weighted by Gasteiger charge is -2.17. The fourth-order valence-electron chi connectivity index (χ4n) is 4.16. The third-order valence-electron chi connectivity index (χ3n) is 5.52. The Morgan fingerprint density at radius 2 is 1.90 bits per heavy atom. The minimum atomic E-state index is 0.153. The van der Waals surface area contributed by atoms with Crippen molar-refractivity contribution >= 4 is 17.9 Å². The molecule has 2 aromatic carbocycles. The first-order valence-corrected chi connectivity index (χ1v) is 10.8. The molecule has 0 spiro atoms. The Kier molecular flexibility index (Phi) is 4.89. The van der Waals surface area contributed by atoms with Crippen molar-refractivity contribution in [2.45, 2.75) is 37.8 Å². The van der Waals surface area contributed by atoms with Gasteiger partial charge in [0.05, 0.1) is 5.69 Å². The second-order valence-electron chi connectivity index (χ2n) is 7.80. The van der Waals surface area contributed by atoms with Gasteiger partial charge in [-0.05, 0) is 61.0 Å². The summed E-state index contributed by atoms with van der Waals surface area (Å²) in [6, 6.07) is 17.0. The van der Waals surface area contributed by atoms with E-state index in [2.05, 4.69) is 70.9 Å². The highest BCUT2D eigenvalue weighted by Gasteiger charge is 2.25. The zero-order valence-corrected chi connectivity index (χ0v) is 17.5. The molecule has 6 bridgehead atoms. The molecule has 5 nitrogen and oxygen atoms in total. The molecule has 2 atom stereocenters. The van der Waals surface area contributed by atoms with Gasteiger partial charge in [0.25, 0.3) is 0 Å². The third kappa shape index (κ3) is 3.95. The van der Waals surface area contributed by atoms with Crippen LogP contribution in [-0.4, -0.2) is 34.1 Å².